The number of nitrogens with zero attached hydrogens (tertiary/aromatic N) is 2. The highest BCUT2D eigenvalue weighted by Crippen LogP contribution is 2.20. The molecule has 0 aliphatic carbocycles. The highest BCUT2D eigenvalue weighted by atomic mass is 32.1. The molecule has 0 aliphatic rings. The maximum Gasteiger partial charge on any atom is 0.338 e. The molecule has 0 fully saturated rings. The summed E-state index contributed by atoms with van der Waals surface area (Å²) in [4.78, 5) is 40.9. The fraction of sp³-hybridized carbons (Fsp3) is 0.238. The van der Waals surface area contributed by atoms with Crippen molar-refractivity contribution in [3.63, 3.8) is 0 Å². The van der Waals surface area contributed by atoms with Crippen molar-refractivity contribution in [2.45, 2.75) is 20.4 Å². The molecule has 0 saturated heterocycles. The van der Waals surface area contributed by atoms with Crippen LogP contribution in [0.5, 0.6) is 0 Å². The number of rotatable bonds is 6. The molecule has 0 radical (unpaired) electrons. The van der Waals surface area contributed by atoms with Crippen LogP contribution in [-0.2, 0) is 20.8 Å². The Kier molecular flexibility index (Phi) is 6.73. The van der Waals surface area contributed by atoms with E-state index in [-0.39, 0.29) is 30.1 Å². The van der Waals surface area contributed by atoms with E-state index in [4.69, 9.17) is 9.47 Å². The van der Waals surface area contributed by atoms with E-state index in [1.165, 1.54) is 28.8 Å². The lowest BCUT2D eigenvalue weighted by molar-refractivity contribution is -0.143. The van der Waals surface area contributed by atoms with Crippen LogP contribution in [0, 0.1) is 5.82 Å². The van der Waals surface area contributed by atoms with E-state index in [1.54, 1.807) is 32.0 Å². The van der Waals surface area contributed by atoms with Gasteiger partial charge < -0.3 is 14.0 Å². The average molecular weight is 430 g/mol. The second-order valence-corrected chi connectivity index (χ2v) is 7.08. The summed E-state index contributed by atoms with van der Waals surface area (Å²) in [5.41, 5.74) is 0.743. The first-order valence-electron chi connectivity index (χ1n) is 9.24. The lowest BCUT2D eigenvalue weighted by atomic mass is 10.2. The molecule has 3 rings (SSSR count). The lowest BCUT2D eigenvalue weighted by Crippen LogP contribution is -2.23. The van der Waals surface area contributed by atoms with Gasteiger partial charge in [-0.25, -0.2) is 9.18 Å². The Morgan fingerprint density at radius 2 is 1.80 bits per heavy atom. The molecule has 0 spiro atoms. The quantitative estimate of drug-likeness (QED) is 0.560. The number of hydrogen-bond donors (Lipinski definition) is 0. The van der Waals surface area contributed by atoms with Crippen molar-refractivity contribution in [1.82, 2.24) is 4.57 Å². The normalized spacial score (nSPS) is 11.5. The molecule has 7 nitrogen and oxygen atoms in total. The largest absolute Gasteiger partial charge is 0.465 e. The molecule has 1 aromatic heterocycles. The maximum absolute atomic E-state index is 14.0. The fourth-order valence-electron chi connectivity index (χ4n) is 2.77. The molecule has 30 heavy (non-hydrogen) atoms. The highest BCUT2D eigenvalue weighted by Gasteiger charge is 2.16. The summed E-state index contributed by atoms with van der Waals surface area (Å²) in [6.07, 6.45) is 0. The smallest absolute Gasteiger partial charge is 0.338 e. The first kappa shape index (κ1) is 21.4. The zero-order chi connectivity index (χ0) is 21.7. The number of fused-ring (bicyclic) bond motifs is 1. The third-order valence-electron chi connectivity index (χ3n) is 4.09. The number of halogens is 1. The molecule has 0 bridgehead atoms. The average Bonchev–Trinajstić information content (AvgIpc) is 3.04. The van der Waals surface area contributed by atoms with Gasteiger partial charge in [-0.2, -0.15) is 4.99 Å². The van der Waals surface area contributed by atoms with Crippen LogP contribution in [0.15, 0.2) is 47.5 Å². The van der Waals surface area contributed by atoms with Gasteiger partial charge in [-0.05, 0) is 44.2 Å². The number of esters is 2. The van der Waals surface area contributed by atoms with E-state index < -0.39 is 23.7 Å². The van der Waals surface area contributed by atoms with Crippen LogP contribution in [0.1, 0.15) is 34.6 Å². The van der Waals surface area contributed by atoms with Gasteiger partial charge in [0.15, 0.2) is 4.80 Å². The molecule has 3 aromatic rings. The summed E-state index contributed by atoms with van der Waals surface area (Å²) in [6.45, 7) is 3.65. The number of aromatic nitrogens is 1. The van der Waals surface area contributed by atoms with Crippen molar-refractivity contribution in [3.05, 3.63) is 64.2 Å². The summed E-state index contributed by atoms with van der Waals surface area (Å²) in [6, 6.07) is 10.3. The van der Waals surface area contributed by atoms with E-state index in [2.05, 4.69) is 4.99 Å². The van der Waals surface area contributed by atoms with E-state index in [0.29, 0.717) is 15.8 Å². The minimum Gasteiger partial charge on any atom is -0.465 e. The topological polar surface area (TPSA) is 87.0 Å². The van der Waals surface area contributed by atoms with Crippen LogP contribution in [0.2, 0.25) is 0 Å². The Bertz CT molecular complexity index is 1180. The maximum atomic E-state index is 14.0. The second-order valence-electron chi connectivity index (χ2n) is 6.08. The third-order valence-corrected chi connectivity index (χ3v) is 5.13. The molecule has 0 atom stereocenters. The monoisotopic (exact) mass is 430 g/mol. The number of benzene rings is 2. The Morgan fingerprint density at radius 3 is 2.50 bits per heavy atom. The summed E-state index contributed by atoms with van der Waals surface area (Å²) >= 11 is 1.10. The molecular formula is C21H19FN2O5S. The lowest BCUT2D eigenvalue weighted by Gasteiger charge is -2.06. The number of thiazole rings is 1. The molecule has 1 heterocycles. The summed E-state index contributed by atoms with van der Waals surface area (Å²) in [7, 11) is 0. The number of ether oxygens (including phenoxy) is 2. The first-order valence-corrected chi connectivity index (χ1v) is 10.1. The van der Waals surface area contributed by atoms with E-state index in [1.807, 2.05) is 0 Å². The van der Waals surface area contributed by atoms with Crippen molar-refractivity contribution in [3.8, 4) is 0 Å². The minimum absolute atomic E-state index is 0.176. The number of hydrogen-bond acceptors (Lipinski definition) is 6. The van der Waals surface area contributed by atoms with Crippen LogP contribution < -0.4 is 4.80 Å². The van der Waals surface area contributed by atoms with E-state index in [0.717, 1.165) is 11.3 Å². The molecular weight excluding hydrogens is 411 g/mol. The van der Waals surface area contributed by atoms with Crippen LogP contribution in [0.25, 0.3) is 10.2 Å². The highest BCUT2D eigenvalue weighted by molar-refractivity contribution is 7.16. The van der Waals surface area contributed by atoms with Gasteiger partial charge >= 0.3 is 11.9 Å². The Morgan fingerprint density at radius 1 is 1.07 bits per heavy atom. The summed E-state index contributed by atoms with van der Waals surface area (Å²) in [5.74, 6) is -2.45. The van der Waals surface area contributed by atoms with Gasteiger partial charge in [0.05, 0.1) is 34.6 Å². The van der Waals surface area contributed by atoms with Crippen LogP contribution >= 0.6 is 11.3 Å². The van der Waals surface area contributed by atoms with Gasteiger partial charge in [0.1, 0.15) is 12.4 Å². The van der Waals surface area contributed by atoms with Crippen molar-refractivity contribution in [1.29, 1.82) is 0 Å². The van der Waals surface area contributed by atoms with E-state index >= 15 is 0 Å². The van der Waals surface area contributed by atoms with E-state index in [9.17, 15) is 18.8 Å². The van der Waals surface area contributed by atoms with Crippen LogP contribution in [0.3, 0.4) is 0 Å². The van der Waals surface area contributed by atoms with Crippen molar-refractivity contribution < 1.29 is 28.2 Å². The molecule has 9 heteroatoms. The zero-order valence-electron chi connectivity index (χ0n) is 16.4. The molecule has 0 unspecified atom stereocenters. The van der Waals surface area contributed by atoms with Gasteiger partial charge in [-0.15, -0.1) is 0 Å². The van der Waals surface area contributed by atoms with Gasteiger partial charge in [-0.3, -0.25) is 9.59 Å². The van der Waals surface area contributed by atoms with Crippen molar-refractivity contribution in [2.24, 2.45) is 4.99 Å². The summed E-state index contributed by atoms with van der Waals surface area (Å²) in [5, 5.41) is 0. The standard InChI is InChI=1S/C21H19FN2O5S/c1-3-28-18(25)12-24-16-10-9-13(20(27)29-4-2)11-17(16)30-21(24)23-19(26)14-7-5-6-8-15(14)22/h5-11H,3-4,12H2,1-2H3. The second kappa shape index (κ2) is 9.45. The molecule has 0 saturated carbocycles. The van der Waals surface area contributed by atoms with Crippen LogP contribution in [-0.4, -0.2) is 35.6 Å². The SMILES string of the molecule is CCOC(=O)Cn1c(=NC(=O)c2ccccc2F)sc2cc(C(=O)OCC)ccc21. The first-order chi connectivity index (χ1) is 14.4. The third kappa shape index (κ3) is 4.62. The molecule has 0 aliphatic heterocycles. The fourth-order valence-corrected chi connectivity index (χ4v) is 3.84. The Labute approximate surface area is 175 Å². The van der Waals surface area contributed by atoms with Gasteiger partial charge in [-0.1, -0.05) is 23.5 Å². The Hall–Kier alpha value is -3.33. The molecule has 1 amide bonds. The van der Waals surface area contributed by atoms with Gasteiger partial charge in [0.25, 0.3) is 5.91 Å². The van der Waals surface area contributed by atoms with Gasteiger partial charge in [0, 0.05) is 0 Å². The minimum atomic E-state index is -0.775. The van der Waals surface area contributed by atoms with Crippen LogP contribution in [0.4, 0.5) is 4.39 Å². The summed E-state index contributed by atoms with van der Waals surface area (Å²) < 4.78 is 26.1. The Balaban J connectivity index is 2.12. The number of amides is 1. The van der Waals surface area contributed by atoms with Crippen molar-refractivity contribution in [2.75, 3.05) is 13.2 Å². The number of carbonyl (C=O) groups excluding carboxylic acids is 3. The van der Waals surface area contributed by atoms with Crippen molar-refractivity contribution >= 4 is 39.4 Å². The zero-order valence-corrected chi connectivity index (χ0v) is 17.2. The molecule has 156 valence electrons. The predicted molar refractivity (Wildman–Crippen MR) is 109 cm³/mol. The van der Waals surface area contributed by atoms with Gasteiger partial charge in [0.2, 0.25) is 0 Å². The molecule has 0 N–H and O–H groups in total. The molecule has 2 aromatic carbocycles. The number of carbonyl (C=O) groups is 3. The predicted octanol–water partition coefficient (Wildman–Crippen LogP) is 3.32.